The number of nitrogens with one attached hydrogen (secondary N) is 1. The van der Waals surface area contributed by atoms with E-state index in [4.69, 9.17) is 0 Å². The summed E-state index contributed by atoms with van der Waals surface area (Å²) in [5.74, 6) is 0. The van der Waals surface area contributed by atoms with Crippen LogP contribution in [0, 0.1) is 0 Å². The summed E-state index contributed by atoms with van der Waals surface area (Å²) >= 11 is 0. The summed E-state index contributed by atoms with van der Waals surface area (Å²) in [7, 11) is 0. The van der Waals surface area contributed by atoms with Crippen molar-refractivity contribution >= 4 is 11.0 Å². The summed E-state index contributed by atoms with van der Waals surface area (Å²) in [5.41, 5.74) is 6.47. The molecule has 4 aromatic rings. The molecule has 0 atom stereocenters. The van der Waals surface area contributed by atoms with Crippen LogP contribution in [0.25, 0.3) is 33.3 Å². The zero-order valence-electron chi connectivity index (χ0n) is 11.3. The minimum atomic E-state index is 0.883. The SMILES string of the molecule is c1ccc(-c2cc3n[nH]nc3cc2-c2ccccc2)cc1. The molecule has 3 nitrogen and oxygen atoms in total. The highest BCUT2D eigenvalue weighted by Crippen LogP contribution is 2.34. The molecule has 21 heavy (non-hydrogen) atoms. The molecule has 3 aromatic carbocycles. The number of aromatic amines is 1. The highest BCUT2D eigenvalue weighted by Gasteiger charge is 2.11. The lowest BCUT2D eigenvalue weighted by Gasteiger charge is -2.10. The lowest BCUT2D eigenvalue weighted by molar-refractivity contribution is 0.959. The van der Waals surface area contributed by atoms with Crippen LogP contribution >= 0.6 is 0 Å². The number of nitrogens with zero attached hydrogens (tertiary/aromatic N) is 2. The minimum Gasteiger partial charge on any atom is -0.197 e. The van der Waals surface area contributed by atoms with Crippen molar-refractivity contribution in [1.29, 1.82) is 0 Å². The second kappa shape index (κ2) is 4.87. The van der Waals surface area contributed by atoms with Crippen molar-refractivity contribution < 1.29 is 0 Å². The predicted octanol–water partition coefficient (Wildman–Crippen LogP) is 4.29. The molecular formula is C18H13N3. The zero-order valence-corrected chi connectivity index (χ0v) is 11.3. The van der Waals surface area contributed by atoms with Gasteiger partial charge in [0.1, 0.15) is 11.0 Å². The van der Waals surface area contributed by atoms with E-state index in [-0.39, 0.29) is 0 Å². The van der Waals surface area contributed by atoms with Crippen LogP contribution in [0.15, 0.2) is 72.8 Å². The summed E-state index contributed by atoms with van der Waals surface area (Å²) in [6.45, 7) is 0. The summed E-state index contributed by atoms with van der Waals surface area (Å²) in [4.78, 5) is 0. The van der Waals surface area contributed by atoms with Gasteiger partial charge in [-0.2, -0.15) is 15.4 Å². The van der Waals surface area contributed by atoms with E-state index >= 15 is 0 Å². The average Bonchev–Trinajstić information content (AvgIpc) is 3.03. The Bertz CT molecular complexity index is 807. The van der Waals surface area contributed by atoms with Crippen molar-refractivity contribution in [2.24, 2.45) is 0 Å². The van der Waals surface area contributed by atoms with Crippen LogP contribution in [0.3, 0.4) is 0 Å². The van der Waals surface area contributed by atoms with Crippen LogP contribution in [-0.2, 0) is 0 Å². The standard InChI is InChI=1S/C18H13N3/c1-3-7-13(8-4-1)15-11-17-18(20-21-19-17)12-16(15)14-9-5-2-6-10-14/h1-12H,(H,19,20,21). The number of aromatic nitrogens is 3. The van der Waals surface area contributed by atoms with Crippen molar-refractivity contribution in [3.8, 4) is 22.3 Å². The van der Waals surface area contributed by atoms with Crippen molar-refractivity contribution in [2.45, 2.75) is 0 Å². The third-order valence-corrected chi connectivity index (χ3v) is 3.63. The maximum absolute atomic E-state index is 4.20. The molecule has 4 rings (SSSR count). The highest BCUT2D eigenvalue weighted by molar-refractivity contribution is 5.92. The van der Waals surface area contributed by atoms with Crippen molar-refractivity contribution in [3.05, 3.63) is 72.8 Å². The second-order valence-corrected chi connectivity index (χ2v) is 4.94. The Morgan fingerprint density at radius 2 is 1.00 bits per heavy atom. The van der Waals surface area contributed by atoms with Gasteiger partial charge < -0.3 is 0 Å². The monoisotopic (exact) mass is 271 g/mol. The Hall–Kier alpha value is -2.94. The van der Waals surface area contributed by atoms with Crippen LogP contribution < -0.4 is 0 Å². The molecule has 0 aliphatic heterocycles. The number of hydrogen-bond acceptors (Lipinski definition) is 2. The van der Waals surface area contributed by atoms with Crippen molar-refractivity contribution in [2.75, 3.05) is 0 Å². The van der Waals surface area contributed by atoms with Gasteiger partial charge in [0.2, 0.25) is 0 Å². The van der Waals surface area contributed by atoms with Gasteiger partial charge in [0.15, 0.2) is 0 Å². The van der Waals surface area contributed by atoms with E-state index < -0.39 is 0 Å². The van der Waals surface area contributed by atoms with Crippen molar-refractivity contribution in [3.63, 3.8) is 0 Å². The summed E-state index contributed by atoms with van der Waals surface area (Å²) in [6.07, 6.45) is 0. The normalized spacial score (nSPS) is 10.9. The molecule has 0 unspecified atom stereocenters. The Morgan fingerprint density at radius 3 is 1.43 bits per heavy atom. The van der Waals surface area contributed by atoms with Crippen LogP contribution in [0.2, 0.25) is 0 Å². The van der Waals surface area contributed by atoms with Gasteiger partial charge in [0.05, 0.1) is 0 Å². The third-order valence-electron chi connectivity index (χ3n) is 3.63. The van der Waals surface area contributed by atoms with Gasteiger partial charge in [0.25, 0.3) is 0 Å². The van der Waals surface area contributed by atoms with Gasteiger partial charge in [0, 0.05) is 0 Å². The first-order valence-corrected chi connectivity index (χ1v) is 6.87. The molecule has 1 aromatic heterocycles. The first-order valence-electron chi connectivity index (χ1n) is 6.87. The van der Waals surface area contributed by atoms with E-state index in [0.717, 1.165) is 11.0 Å². The first-order chi connectivity index (χ1) is 10.4. The van der Waals surface area contributed by atoms with Crippen molar-refractivity contribution in [1.82, 2.24) is 15.4 Å². The van der Waals surface area contributed by atoms with Crippen LogP contribution in [0.5, 0.6) is 0 Å². The molecule has 0 spiro atoms. The van der Waals surface area contributed by atoms with Gasteiger partial charge >= 0.3 is 0 Å². The molecule has 1 heterocycles. The molecule has 0 amide bonds. The highest BCUT2D eigenvalue weighted by atomic mass is 15.3. The summed E-state index contributed by atoms with van der Waals surface area (Å²) in [6, 6.07) is 24.9. The number of rotatable bonds is 2. The average molecular weight is 271 g/mol. The number of benzene rings is 3. The van der Waals surface area contributed by atoms with E-state index in [1.807, 2.05) is 12.1 Å². The third kappa shape index (κ3) is 2.09. The molecule has 3 heteroatoms. The van der Waals surface area contributed by atoms with Gasteiger partial charge in [-0.15, -0.1) is 0 Å². The van der Waals surface area contributed by atoms with E-state index in [1.54, 1.807) is 0 Å². The maximum Gasteiger partial charge on any atom is 0.113 e. The number of H-pyrrole nitrogens is 1. The fourth-order valence-electron chi connectivity index (χ4n) is 2.60. The van der Waals surface area contributed by atoms with Gasteiger partial charge in [-0.05, 0) is 34.4 Å². The maximum atomic E-state index is 4.20. The van der Waals surface area contributed by atoms with Gasteiger partial charge in [-0.1, -0.05) is 60.7 Å². The van der Waals surface area contributed by atoms with Gasteiger partial charge in [-0.3, -0.25) is 0 Å². The molecule has 0 aliphatic rings. The van der Waals surface area contributed by atoms with E-state index in [2.05, 4.69) is 76.1 Å². The lowest BCUT2D eigenvalue weighted by Crippen LogP contribution is -1.86. The topological polar surface area (TPSA) is 41.6 Å². The summed E-state index contributed by atoms with van der Waals surface area (Å²) < 4.78 is 0. The van der Waals surface area contributed by atoms with Crippen LogP contribution in [0.4, 0.5) is 0 Å². The smallest absolute Gasteiger partial charge is 0.113 e. The molecule has 0 saturated carbocycles. The fraction of sp³-hybridized carbons (Fsp3) is 0. The molecule has 1 N–H and O–H groups in total. The molecule has 0 bridgehead atoms. The van der Waals surface area contributed by atoms with Crippen LogP contribution in [0.1, 0.15) is 0 Å². The minimum absolute atomic E-state index is 0.883. The van der Waals surface area contributed by atoms with Crippen LogP contribution in [-0.4, -0.2) is 15.4 Å². The van der Waals surface area contributed by atoms with Gasteiger partial charge in [-0.25, -0.2) is 0 Å². The number of hydrogen-bond donors (Lipinski definition) is 1. The van der Waals surface area contributed by atoms with E-state index in [1.165, 1.54) is 22.3 Å². The zero-order chi connectivity index (χ0) is 14.1. The van der Waals surface area contributed by atoms with E-state index in [9.17, 15) is 0 Å². The molecule has 0 fully saturated rings. The fourth-order valence-corrected chi connectivity index (χ4v) is 2.60. The molecule has 0 aliphatic carbocycles. The molecular weight excluding hydrogens is 258 g/mol. The Morgan fingerprint density at radius 1 is 0.571 bits per heavy atom. The molecule has 0 saturated heterocycles. The Labute approximate surface area is 122 Å². The Kier molecular flexibility index (Phi) is 2.75. The second-order valence-electron chi connectivity index (χ2n) is 4.94. The van der Waals surface area contributed by atoms with E-state index in [0.29, 0.717) is 0 Å². The first kappa shape index (κ1) is 11.9. The number of fused-ring (bicyclic) bond motifs is 1. The quantitative estimate of drug-likeness (QED) is 0.591. The lowest BCUT2D eigenvalue weighted by atomic mass is 9.94. The predicted molar refractivity (Wildman–Crippen MR) is 84.8 cm³/mol. The molecule has 100 valence electrons. The summed E-state index contributed by atoms with van der Waals surface area (Å²) in [5, 5.41) is 11.1. The Balaban J connectivity index is 2.03. The largest absolute Gasteiger partial charge is 0.197 e. The molecule has 0 radical (unpaired) electrons.